The van der Waals surface area contributed by atoms with Crippen LogP contribution in [0.4, 0.5) is 14.9 Å². The number of nitrogens with two attached hydrogens (primary N) is 1. The Morgan fingerprint density at radius 2 is 2.11 bits per heavy atom. The zero-order valence-electron chi connectivity index (χ0n) is 10.5. The van der Waals surface area contributed by atoms with E-state index in [-0.39, 0.29) is 23.6 Å². The Hall–Kier alpha value is -2.11. The maximum atomic E-state index is 12.8. The fraction of sp³-hybridized carbons (Fsp3) is 0.385. The van der Waals surface area contributed by atoms with Crippen LogP contribution in [0.5, 0.6) is 0 Å². The summed E-state index contributed by atoms with van der Waals surface area (Å²) in [6.45, 7) is 1.11. The molecule has 0 radical (unpaired) electrons. The topological polar surface area (TPSA) is 82.2 Å². The number of hydrogen-bond donors (Lipinski definition) is 3. The van der Waals surface area contributed by atoms with E-state index in [0.29, 0.717) is 18.8 Å². The van der Waals surface area contributed by atoms with Gasteiger partial charge in [0.25, 0.3) is 0 Å². The number of carbonyl (C=O) groups is 1. The van der Waals surface area contributed by atoms with E-state index in [1.807, 2.05) is 0 Å². The number of halogens is 1. The quantitative estimate of drug-likeness (QED) is 0.564. The molecule has 0 aromatic heterocycles. The van der Waals surface area contributed by atoms with E-state index >= 15 is 0 Å². The van der Waals surface area contributed by atoms with Crippen molar-refractivity contribution >= 4 is 17.6 Å². The van der Waals surface area contributed by atoms with Gasteiger partial charge in [-0.2, -0.15) is 0 Å². The van der Waals surface area contributed by atoms with Gasteiger partial charge in [-0.1, -0.05) is 0 Å². The zero-order chi connectivity index (χ0) is 13.8. The van der Waals surface area contributed by atoms with Crippen LogP contribution in [0.25, 0.3) is 0 Å². The lowest BCUT2D eigenvalue weighted by Crippen LogP contribution is -2.45. The first kappa shape index (κ1) is 13.3. The van der Waals surface area contributed by atoms with E-state index < -0.39 is 0 Å². The van der Waals surface area contributed by atoms with Gasteiger partial charge >= 0.3 is 6.03 Å². The summed E-state index contributed by atoms with van der Waals surface area (Å²) in [6, 6.07) is 5.38. The number of hydrogen-bond acceptors (Lipinski definition) is 2. The highest BCUT2D eigenvalue weighted by molar-refractivity contribution is 5.90. The van der Waals surface area contributed by atoms with Crippen molar-refractivity contribution in [3.8, 4) is 0 Å². The van der Waals surface area contributed by atoms with Crippen LogP contribution in [-0.2, 0) is 0 Å². The van der Waals surface area contributed by atoms with Gasteiger partial charge in [0.05, 0.1) is 5.84 Å². The first-order chi connectivity index (χ1) is 9.06. The lowest BCUT2D eigenvalue weighted by molar-refractivity contribution is 0.191. The summed E-state index contributed by atoms with van der Waals surface area (Å²) in [4.78, 5) is 13.7. The number of likely N-dealkylation sites (tertiary alicyclic amines) is 1. The first-order valence-electron chi connectivity index (χ1n) is 6.21. The summed E-state index contributed by atoms with van der Waals surface area (Å²) in [5.41, 5.74) is 6.03. The molecule has 1 aromatic rings. The van der Waals surface area contributed by atoms with Crippen molar-refractivity contribution in [3.05, 3.63) is 30.1 Å². The Morgan fingerprint density at radius 1 is 1.42 bits per heavy atom. The molecule has 1 saturated heterocycles. The van der Waals surface area contributed by atoms with Crippen molar-refractivity contribution in [1.29, 1.82) is 5.41 Å². The molecular weight excluding hydrogens is 247 g/mol. The third-order valence-electron chi connectivity index (χ3n) is 3.24. The molecule has 1 aliphatic heterocycles. The maximum Gasteiger partial charge on any atom is 0.321 e. The largest absolute Gasteiger partial charge is 0.387 e. The van der Waals surface area contributed by atoms with Crippen LogP contribution in [0.2, 0.25) is 0 Å². The van der Waals surface area contributed by atoms with Crippen LogP contribution in [0.1, 0.15) is 12.8 Å². The van der Waals surface area contributed by atoms with Crippen LogP contribution in [-0.4, -0.2) is 29.9 Å². The Balaban J connectivity index is 1.96. The Labute approximate surface area is 111 Å². The molecule has 6 heteroatoms. The highest BCUT2D eigenvalue weighted by Gasteiger charge is 2.25. The number of piperidine rings is 1. The summed E-state index contributed by atoms with van der Waals surface area (Å²) in [5, 5.41) is 10.1. The lowest BCUT2D eigenvalue weighted by Gasteiger charge is -2.32. The third kappa shape index (κ3) is 3.43. The second-order valence-corrected chi connectivity index (χ2v) is 4.68. The molecule has 1 atom stereocenters. The molecule has 2 amide bonds. The molecule has 0 bridgehead atoms. The molecule has 5 nitrogen and oxygen atoms in total. The third-order valence-corrected chi connectivity index (χ3v) is 3.24. The molecule has 0 saturated carbocycles. The smallest absolute Gasteiger partial charge is 0.321 e. The second-order valence-electron chi connectivity index (χ2n) is 4.68. The van der Waals surface area contributed by atoms with Gasteiger partial charge in [0.1, 0.15) is 5.82 Å². The molecule has 4 N–H and O–H groups in total. The number of urea groups is 1. The highest BCUT2D eigenvalue weighted by atomic mass is 19.1. The number of nitrogens with zero attached hydrogens (tertiary/aromatic N) is 1. The molecule has 102 valence electrons. The Morgan fingerprint density at radius 3 is 2.74 bits per heavy atom. The Kier molecular flexibility index (Phi) is 3.99. The highest BCUT2D eigenvalue weighted by Crippen LogP contribution is 2.17. The average Bonchev–Trinajstić information content (AvgIpc) is 2.41. The van der Waals surface area contributed by atoms with Gasteiger partial charge in [-0.3, -0.25) is 5.41 Å². The van der Waals surface area contributed by atoms with E-state index in [9.17, 15) is 9.18 Å². The minimum atomic E-state index is -0.340. The SMILES string of the molecule is N=C(N)C1CCCN(C(=O)Nc2ccc(F)cc2)C1. The minimum absolute atomic E-state index is 0.0623. The predicted octanol–water partition coefficient (Wildman–Crippen LogP) is 2.01. The fourth-order valence-corrected chi connectivity index (χ4v) is 2.15. The second kappa shape index (κ2) is 5.69. The number of benzene rings is 1. The van der Waals surface area contributed by atoms with Crippen LogP contribution in [0.3, 0.4) is 0 Å². The molecule has 2 rings (SSSR count). The van der Waals surface area contributed by atoms with E-state index in [4.69, 9.17) is 11.1 Å². The first-order valence-corrected chi connectivity index (χ1v) is 6.21. The normalized spacial score (nSPS) is 19.0. The van der Waals surface area contributed by atoms with Gasteiger partial charge in [0.15, 0.2) is 0 Å². The van der Waals surface area contributed by atoms with Gasteiger partial charge in [-0.15, -0.1) is 0 Å². The fourth-order valence-electron chi connectivity index (χ4n) is 2.15. The van der Waals surface area contributed by atoms with Crippen molar-refractivity contribution in [2.24, 2.45) is 11.7 Å². The number of carbonyl (C=O) groups excluding carboxylic acids is 1. The summed E-state index contributed by atoms with van der Waals surface area (Å²) in [6.07, 6.45) is 1.68. The van der Waals surface area contributed by atoms with Crippen LogP contribution >= 0.6 is 0 Å². The lowest BCUT2D eigenvalue weighted by atomic mass is 9.97. The Bertz CT molecular complexity index is 474. The molecule has 1 unspecified atom stereocenters. The zero-order valence-corrected chi connectivity index (χ0v) is 10.5. The van der Waals surface area contributed by atoms with E-state index in [1.165, 1.54) is 24.3 Å². The number of anilines is 1. The summed E-state index contributed by atoms with van der Waals surface area (Å²) in [5.74, 6) is -0.278. The monoisotopic (exact) mass is 264 g/mol. The maximum absolute atomic E-state index is 12.8. The van der Waals surface area contributed by atoms with Crippen molar-refractivity contribution < 1.29 is 9.18 Å². The summed E-state index contributed by atoms with van der Waals surface area (Å²) < 4.78 is 12.8. The van der Waals surface area contributed by atoms with Crippen molar-refractivity contribution in [3.63, 3.8) is 0 Å². The van der Waals surface area contributed by atoms with Crippen molar-refractivity contribution in [2.75, 3.05) is 18.4 Å². The van der Waals surface area contributed by atoms with E-state index in [2.05, 4.69) is 5.32 Å². The van der Waals surface area contributed by atoms with E-state index in [0.717, 1.165) is 12.8 Å². The molecule has 1 heterocycles. The molecule has 1 fully saturated rings. The van der Waals surface area contributed by atoms with Gasteiger partial charge in [0, 0.05) is 24.7 Å². The minimum Gasteiger partial charge on any atom is -0.387 e. The average molecular weight is 264 g/mol. The van der Waals surface area contributed by atoms with Gasteiger partial charge in [-0.25, -0.2) is 9.18 Å². The molecular formula is C13H17FN4O. The molecule has 1 aliphatic rings. The molecule has 1 aromatic carbocycles. The van der Waals surface area contributed by atoms with Crippen LogP contribution in [0, 0.1) is 17.1 Å². The van der Waals surface area contributed by atoms with Crippen molar-refractivity contribution in [2.45, 2.75) is 12.8 Å². The number of amides is 2. The molecule has 0 spiro atoms. The van der Waals surface area contributed by atoms with Gasteiger partial charge in [-0.05, 0) is 37.1 Å². The van der Waals surface area contributed by atoms with Crippen LogP contribution in [0.15, 0.2) is 24.3 Å². The number of amidine groups is 1. The predicted molar refractivity (Wildman–Crippen MR) is 71.6 cm³/mol. The van der Waals surface area contributed by atoms with Gasteiger partial charge < -0.3 is 16.0 Å². The van der Waals surface area contributed by atoms with Crippen LogP contribution < -0.4 is 11.1 Å². The number of nitrogens with one attached hydrogen (secondary N) is 2. The summed E-state index contributed by atoms with van der Waals surface area (Å²) >= 11 is 0. The summed E-state index contributed by atoms with van der Waals surface area (Å²) in [7, 11) is 0. The standard InChI is InChI=1S/C13H17FN4O/c14-10-3-5-11(6-4-10)17-13(19)18-7-1-2-9(8-18)12(15)16/h3-6,9H,1-2,7-8H2,(H3,15,16)(H,17,19). The van der Waals surface area contributed by atoms with E-state index in [1.54, 1.807) is 4.90 Å². The van der Waals surface area contributed by atoms with Crippen molar-refractivity contribution in [1.82, 2.24) is 4.90 Å². The molecule has 0 aliphatic carbocycles. The molecule has 19 heavy (non-hydrogen) atoms. The number of rotatable bonds is 2. The van der Waals surface area contributed by atoms with Gasteiger partial charge in [0.2, 0.25) is 0 Å².